The Bertz CT molecular complexity index is 432. The van der Waals surface area contributed by atoms with E-state index in [4.69, 9.17) is 14.7 Å². The van der Waals surface area contributed by atoms with Crippen molar-refractivity contribution >= 4 is 12.1 Å². The lowest BCUT2D eigenvalue weighted by atomic mass is 10.1. The van der Waals surface area contributed by atoms with E-state index in [1.165, 1.54) is 0 Å². The van der Waals surface area contributed by atoms with E-state index in [2.05, 4.69) is 0 Å². The van der Waals surface area contributed by atoms with Crippen molar-refractivity contribution in [2.24, 2.45) is 5.92 Å². The van der Waals surface area contributed by atoms with Gasteiger partial charge in [0.05, 0.1) is 0 Å². The molecule has 1 amide bonds. The third-order valence-corrected chi connectivity index (χ3v) is 2.46. The maximum Gasteiger partial charge on any atom is 0.431 e. The van der Waals surface area contributed by atoms with Crippen molar-refractivity contribution in [1.29, 1.82) is 0 Å². The van der Waals surface area contributed by atoms with Crippen molar-refractivity contribution in [3.63, 3.8) is 0 Å². The molecule has 1 aromatic rings. The molecule has 0 bridgehead atoms. The van der Waals surface area contributed by atoms with Gasteiger partial charge >= 0.3 is 12.1 Å². The van der Waals surface area contributed by atoms with Gasteiger partial charge in [-0.1, -0.05) is 44.2 Å². The molecule has 0 fully saturated rings. The summed E-state index contributed by atoms with van der Waals surface area (Å²) in [5, 5.41) is 8.93. The first-order valence-electron chi connectivity index (χ1n) is 6.34. The third-order valence-electron chi connectivity index (χ3n) is 2.46. The molecular formula is C14H19NO5. The minimum absolute atomic E-state index is 0.0952. The predicted molar refractivity (Wildman–Crippen MR) is 71.7 cm³/mol. The molecule has 0 heterocycles. The van der Waals surface area contributed by atoms with Gasteiger partial charge in [0.15, 0.2) is 6.10 Å². The number of aliphatic carboxylic acids is 1. The number of amides is 1. The van der Waals surface area contributed by atoms with Crippen molar-refractivity contribution in [2.45, 2.75) is 33.0 Å². The Morgan fingerprint density at radius 1 is 1.25 bits per heavy atom. The number of hydrogen-bond donors (Lipinski definition) is 2. The molecule has 2 N–H and O–H groups in total. The van der Waals surface area contributed by atoms with Gasteiger partial charge in [-0.2, -0.15) is 5.48 Å². The van der Waals surface area contributed by atoms with Gasteiger partial charge in [-0.25, -0.2) is 9.59 Å². The average Bonchev–Trinajstić information content (AvgIpc) is 2.41. The maximum absolute atomic E-state index is 11.4. The number of rotatable bonds is 7. The molecule has 20 heavy (non-hydrogen) atoms. The molecule has 0 saturated heterocycles. The Kier molecular flexibility index (Phi) is 6.52. The van der Waals surface area contributed by atoms with E-state index in [1.54, 1.807) is 0 Å². The first-order chi connectivity index (χ1) is 9.49. The Morgan fingerprint density at radius 3 is 2.45 bits per heavy atom. The first kappa shape index (κ1) is 16.0. The average molecular weight is 281 g/mol. The molecule has 0 aliphatic rings. The van der Waals surface area contributed by atoms with E-state index < -0.39 is 18.2 Å². The van der Waals surface area contributed by atoms with Crippen LogP contribution in [0.15, 0.2) is 30.3 Å². The number of carboxylic acid groups (broad SMARTS) is 1. The zero-order valence-corrected chi connectivity index (χ0v) is 11.5. The van der Waals surface area contributed by atoms with Crippen LogP contribution in [0.25, 0.3) is 0 Å². The predicted octanol–water partition coefficient (Wildman–Crippen LogP) is 2.34. The normalized spacial score (nSPS) is 11.9. The molecule has 0 saturated carbocycles. The van der Waals surface area contributed by atoms with Crippen LogP contribution >= 0.6 is 0 Å². The highest BCUT2D eigenvalue weighted by Gasteiger charge is 2.21. The van der Waals surface area contributed by atoms with Crippen LogP contribution in [0, 0.1) is 5.92 Å². The molecule has 6 nitrogen and oxygen atoms in total. The molecule has 1 aromatic carbocycles. The van der Waals surface area contributed by atoms with Gasteiger partial charge in [-0.15, -0.1) is 0 Å². The number of hydroxylamine groups is 1. The first-order valence-corrected chi connectivity index (χ1v) is 6.34. The lowest BCUT2D eigenvalue weighted by Gasteiger charge is -2.15. The summed E-state index contributed by atoms with van der Waals surface area (Å²) in [5.74, 6) is -0.986. The number of carbonyl (C=O) groups is 2. The molecule has 1 rings (SSSR count). The summed E-state index contributed by atoms with van der Waals surface area (Å²) in [6, 6.07) is 9.14. The third kappa shape index (κ3) is 6.19. The molecule has 0 radical (unpaired) electrons. The van der Waals surface area contributed by atoms with Crippen molar-refractivity contribution in [3.05, 3.63) is 35.9 Å². The summed E-state index contributed by atoms with van der Waals surface area (Å²) < 4.78 is 4.90. The minimum atomic E-state index is -1.12. The van der Waals surface area contributed by atoms with E-state index in [0.717, 1.165) is 5.56 Å². The van der Waals surface area contributed by atoms with E-state index in [1.807, 2.05) is 49.7 Å². The van der Waals surface area contributed by atoms with Gasteiger partial charge in [0, 0.05) is 0 Å². The lowest BCUT2D eigenvalue weighted by Crippen LogP contribution is -2.35. The summed E-state index contributed by atoms with van der Waals surface area (Å²) in [7, 11) is 0. The number of nitrogens with one attached hydrogen (secondary N) is 1. The summed E-state index contributed by atoms with van der Waals surface area (Å²) in [5.41, 5.74) is 2.83. The molecule has 0 aliphatic carbocycles. The van der Waals surface area contributed by atoms with Crippen LogP contribution in [0.1, 0.15) is 25.8 Å². The topological polar surface area (TPSA) is 84.9 Å². The fourth-order valence-corrected chi connectivity index (χ4v) is 1.50. The second kappa shape index (κ2) is 8.16. The smallest absolute Gasteiger partial charge is 0.431 e. The minimum Gasteiger partial charge on any atom is -0.479 e. The van der Waals surface area contributed by atoms with Gasteiger partial charge in [0.1, 0.15) is 6.61 Å². The van der Waals surface area contributed by atoms with Crippen molar-refractivity contribution in [2.75, 3.05) is 0 Å². The SMILES string of the molecule is CC(C)C[C@H](ONC(=O)OCc1ccccc1)C(=O)O. The van der Waals surface area contributed by atoms with Crippen LogP contribution in [0.5, 0.6) is 0 Å². The van der Waals surface area contributed by atoms with Gasteiger partial charge in [-0.05, 0) is 17.9 Å². The van der Waals surface area contributed by atoms with Crippen molar-refractivity contribution in [1.82, 2.24) is 5.48 Å². The highest BCUT2D eigenvalue weighted by atomic mass is 16.7. The number of ether oxygens (including phenoxy) is 1. The summed E-state index contributed by atoms with van der Waals surface area (Å²) >= 11 is 0. The van der Waals surface area contributed by atoms with Crippen molar-refractivity contribution < 1.29 is 24.3 Å². The Hall–Kier alpha value is -2.08. The quantitative estimate of drug-likeness (QED) is 0.749. The van der Waals surface area contributed by atoms with Gasteiger partial charge in [0.2, 0.25) is 0 Å². The molecule has 0 aromatic heterocycles. The Balaban J connectivity index is 2.32. The van der Waals surface area contributed by atoms with E-state index in [0.29, 0.717) is 6.42 Å². The van der Waals surface area contributed by atoms with Crippen LogP contribution in [-0.4, -0.2) is 23.3 Å². The highest BCUT2D eigenvalue weighted by molar-refractivity contribution is 5.73. The van der Waals surface area contributed by atoms with Crippen LogP contribution < -0.4 is 5.48 Å². The maximum atomic E-state index is 11.4. The number of carbonyl (C=O) groups excluding carboxylic acids is 1. The monoisotopic (exact) mass is 281 g/mol. The van der Waals surface area contributed by atoms with Crippen molar-refractivity contribution in [3.8, 4) is 0 Å². The molecule has 1 atom stereocenters. The van der Waals surface area contributed by atoms with Gasteiger partial charge in [0.25, 0.3) is 0 Å². The van der Waals surface area contributed by atoms with Crippen LogP contribution in [-0.2, 0) is 21.0 Å². The molecule has 0 aliphatic heterocycles. The lowest BCUT2D eigenvalue weighted by molar-refractivity contribution is -0.156. The summed E-state index contributed by atoms with van der Waals surface area (Å²) in [6.07, 6.45) is -1.60. The summed E-state index contributed by atoms with van der Waals surface area (Å²) in [6.45, 7) is 3.83. The largest absolute Gasteiger partial charge is 0.479 e. The second-order valence-electron chi connectivity index (χ2n) is 4.74. The molecule has 0 unspecified atom stereocenters. The van der Waals surface area contributed by atoms with Crippen LogP contribution in [0.3, 0.4) is 0 Å². The fraction of sp³-hybridized carbons (Fsp3) is 0.429. The van der Waals surface area contributed by atoms with Gasteiger partial charge < -0.3 is 9.84 Å². The zero-order valence-electron chi connectivity index (χ0n) is 11.5. The summed E-state index contributed by atoms with van der Waals surface area (Å²) in [4.78, 5) is 27.1. The van der Waals surface area contributed by atoms with Gasteiger partial charge in [-0.3, -0.25) is 4.84 Å². The number of carboxylic acids is 1. The zero-order chi connectivity index (χ0) is 15.0. The Morgan fingerprint density at radius 2 is 1.90 bits per heavy atom. The van der Waals surface area contributed by atoms with Crippen LogP contribution in [0.4, 0.5) is 4.79 Å². The second-order valence-corrected chi connectivity index (χ2v) is 4.74. The van der Waals surface area contributed by atoms with E-state index in [-0.39, 0.29) is 12.5 Å². The van der Waals surface area contributed by atoms with E-state index >= 15 is 0 Å². The van der Waals surface area contributed by atoms with E-state index in [9.17, 15) is 9.59 Å². The molecular weight excluding hydrogens is 262 g/mol. The molecule has 0 spiro atoms. The fourth-order valence-electron chi connectivity index (χ4n) is 1.50. The molecule has 110 valence electrons. The standard InChI is InChI=1S/C14H19NO5/c1-10(2)8-12(13(16)17)20-15-14(18)19-9-11-6-4-3-5-7-11/h3-7,10,12H,8-9H2,1-2H3,(H,15,18)(H,16,17)/t12-/m0/s1. The highest BCUT2D eigenvalue weighted by Crippen LogP contribution is 2.07. The molecule has 6 heteroatoms. The number of benzene rings is 1. The van der Waals surface area contributed by atoms with Crippen LogP contribution in [0.2, 0.25) is 0 Å². The number of hydrogen-bond acceptors (Lipinski definition) is 4. The Labute approximate surface area is 117 Å².